The number of aromatic nitrogens is 1. The standard InChI is InChI=1S/C24H29N3O5S/c1-13(2)21(25)24(28)26-17-9-14(7-8-18(17)29-3)16-12-33-27-22(16)15-10-19(30-4)23(32-6)20(11-15)31-5/h7-13,21H,25H2,1-6H3,(H,26,28). The monoisotopic (exact) mass is 471 g/mol. The van der Waals surface area contributed by atoms with Crippen LogP contribution in [0.15, 0.2) is 35.7 Å². The summed E-state index contributed by atoms with van der Waals surface area (Å²) in [6, 6.07) is 8.66. The van der Waals surface area contributed by atoms with E-state index in [2.05, 4.69) is 9.69 Å². The lowest BCUT2D eigenvalue weighted by Gasteiger charge is -2.18. The first-order valence-electron chi connectivity index (χ1n) is 10.3. The Hall–Kier alpha value is -3.30. The average molecular weight is 472 g/mol. The minimum Gasteiger partial charge on any atom is -0.495 e. The van der Waals surface area contributed by atoms with Gasteiger partial charge in [0.25, 0.3) is 0 Å². The molecule has 176 valence electrons. The molecule has 0 saturated carbocycles. The number of carbonyl (C=O) groups is 1. The molecule has 0 bridgehead atoms. The summed E-state index contributed by atoms with van der Waals surface area (Å²) < 4.78 is 26.5. The van der Waals surface area contributed by atoms with Crippen LogP contribution in [0.2, 0.25) is 0 Å². The van der Waals surface area contributed by atoms with E-state index in [1.807, 2.05) is 49.6 Å². The molecule has 33 heavy (non-hydrogen) atoms. The van der Waals surface area contributed by atoms with Crippen molar-refractivity contribution in [3.8, 4) is 45.4 Å². The Bertz CT molecular complexity index is 1100. The summed E-state index contributed by atoms with van der Waals surface area (Å²) in [5, 5.41) is 4.84. The normalized spacial score (nSPS) is 11.8. The van der Waals surface area contributed by atoms with Crippen molar-refractivity contribution in [2.45, 2.75) is 19.9 Å². The van der Waals surface area contributed by atoms with Crippen LogP contribution in [0.5, 0.6) is 23.0 Å². The molecular formula is C24H29N3O5S. The zero-order chi connectivity index (χ0) is 24.1. The van der Waals surface area contributed by atoms with E-state index in [0.717, 1.165) is 22.4 Å². The lowest BCUT2D eigenvalue weighted by atomic mass is 10.00. The van der Waals surface area contributed by atoms with Gasteiger partial charge in [-0.25, -0.2) is 0 Å². The molecule has 3 aromatic rings. The summed E-state index contributed by atoms with van der Waals surface area (Å²) >= 11 is 1.33. The molecule has 0 spiro atoms. The predicted octanol–water partition coefficient (Wildman–Crippen LogP) is 4.43. The number of nitrogens with one attached hydrogen (secondary N) is 1. The van der Waals surface area contributed by atoms with E-state index in [1.165, 1.54) is 11.5 Å². The van der Waals surface area contributed by atoms with Gasteiger partial charge in [-0.1, -0.05) is 19.9 Å². The van der Waals surface area contributed by atoms with Crippen LogP contribution < -0.4 is 30.0 Å². The number of benzene rings is 2. The Morgan fingerprint density at radius 3 is 2.12 bits per heavy atom. The number of methoxy groups -OCH3 is 4. The number of ether oxygens (including phenoxy) is 4. The molecule has 1 heterocycles. The summed E-state index contributed by atoms with van der Waals surface area (Å²) in [6.07, 6.45) is 0. The average Bonchev–Trinajstić information content (AvgIpc) is 3.32. The molecular weight excluding hydrogens is 442 g/mol. The van der Waals surface area contributed by atoms with Crippen LogP contribution in [-0.4, -0.2) is 44.8 Å². The lowest BCUT2D eigenvalue weighted by Crippen LogP contribution is -2.39. The third kappa shape index (κ3) is 5.04. The highest BCUT2D eigenvalue weighted by atomic mass is 32.1. The number of amides is 1. The number of nitrogens with two attached hydrogens (primary N) is 1. The second kappa shape index (κ2) is 10.5. The summed E-state index contributed by atoms with van der Waals surface area (Å²) in [5.41, 5.74) is 9.87. The molecule has 0 fully saturated rings. The van der Waals surface area contributed by atoms with E-state index in [-0.39, 0.29) is 11.8 Å². The maximum atomic E-state index is 12.6. The summed E-state index contributed by atoms with van der Waals surface area (Å²) in [7, 11) is 6.26. The molecule has 9 heteroatoms. The molecule has 2 aromatic carbocycles. The highest BCUT2D eigenvalue weighted by Crippen LogP contribution is 2.44. The smallest absolute Gasteiger partial charge is 0.241 e. The molecule has 1 unspecified atom stereocenters. The number of hydrogen-bond donors (Lipinski definition) is 2. The molecule has 3 rings (SSSR count). The van der Waals surface area contributed by atoms with Crippen molar-refractivity contribution in [2.24, 2.45) is 11.7 Å². The van der Waals surface area contributed by atoms with Gasteiger partial charge in [0, 0.05) is 16.5 Å². The van der Waals surface area contributed by atoms with Crippen LogP contribution in [-0.2, 0) is 4.79 Å². The van der Waals surface area contributed by atoms with Crippen LogP contribution in [0.4, 0.5) is 5.69 Å². The summed E-state index contributed by atoms with van der Waals surface area (Å²) in [4.78, 5) is 12.6. The first-order chi connectivity index (χ1) is 15.8. The largest absolute Gasteiger partial charge is 0.495 e. The van der Waals surface area contributed by atoms with Gasteiger partial charge < -0.3 is 30.0 Å². The predicted molar refractivity (Wildman–Crippen MR) is 131 cm³/mol. The molecule has 0 radical (unpaired) electrons. The molecule has 8 nitrogen and oxygen atoms in total. The zero-order valence-corrected chi connectivity index (χ0v) is 20.4. The van der Waals surface area contributed by atoms with E-state index < -0.39 is 6.04 Å². The SMILES string of the molecule is COc1ccc(-c2csnc2-c2cc(OC)c(OC)c(OC)c2)cc1NC(=O)C(N)C(C)C. The van der Waals surface area contributed by atoms with Crippen molar-refractivity contribution in [1.82, 2.24) is 4.37 Å². The molecule has 1 aromatic heterocycles. The van der Waals surface area contributed by atoms with E-state index in [0.29, 0.717) is 28.7 Å². The summed E-state index contributed by atoms with van der Waals surface area (Å²) in [6.45, 7) is 3.80. The van der Waals surface area contributed by atoms with Gasteiger partial charge in [0.1, 0.15) is 5.75 Å². The number of rotatable bonds is 9. The Balaban J connectivity index is 2.06. The minimum absolute atomic E-state index is 0.00638. The highest BCUT2D eigenvalue weighted by molar-refractivity contribution is 7.04. The molecule has 1 atom stereocenters. The number of nitrogens with zero attached hydrogens (tertiary/aromatic N) is 1. The van der Waals surface area contributed by atoms with Gasteiger partial charge >= 0.3 is 0 Å². The van der Waals surface area contributed by atoms with Gasteiger partial charge in [-0.05, 0) is 47.3 Å². The van der Waals surface area contributed by atoms with Crippen LogP contribution >= 0.6 is 11.5 Å². The summed E-state index contributed by atoms with van der Waals surface area (Å²) in [5.74, 6) is 1.87. The third-order valence-corrected chi connectivity index (χ3v) is 5.93. The Kier molecular flexibility index (Phi) is 7.78. The highest BCUT2D eigenvalue weighted by Gasteiger charge is 2.21. The van der Waals surface area contributed by atoms with Crippen molar-refractivity contribution in [3.05, 3.63) is 35.7 Å². The zero-order valence-electron chi connectivity index (χ0n) is 19.6. The van der Waals surface area contributed by atoms with Crippen LogP contribution in [0, 0.1) is 5.92 Å². The van der Waals surface area contributed by atoms with Crippen molar-refractivity contribution >= 4 is 23.1 Å². The molecule has 0 aliphatic carbocycles. The molecule has 0 aliphatic rings. The van der Waals surface area contributed by atoms with Crippen molar-refractivity contribution in [2.75, 3.05) is 33.8 Å². The van der Waals surface area contributed by atoms with Crippen molar-refractivity contribution in [1.29, 1.82) is 0 Å². The number of hydrogen-bond acceptors (Lipinski definition) is 8. The molecule has 0 saturated heterocycles. The van der Waals surface area contributed by atoms with E-state index in [4.69, 9.17) is 24.7 Å². The second-order valence-electron chi connectivity index (χ2n) is 7.66. The first kappa shape index (κ1) is 24.3. The van der Waals surface area contributed by atoms with Gasteiger partial charge in [0.05, 0.1) is 45.9 Å². The molecule has 3 N–H and O–H groups in total. The van der Waals surface area contributed by atoms with Gasteiger partial charge in [-0.3, -0.25) is 4.79 Å². The van der Waals surface area contributed by atoms with Gasteiger partial charge in [-0.2, -0.15) is 4.37 Å². The lowest BCUT2D eigenvalue weighted by molar-refractivity contribution is -0.118. The second-order valence-corrected chi connectivity index (χ2v) is 8.29. The quantitative estimate of drug-likeness (QED) is 0.475. The maximum absolute atomic E-state index is 12.6. The van der Waals surface area contributed by atoms with Crippen molar-refractivity contribution in [3.63, 3.8) is 0 Å². The number of carbonyl (C=O) groups excluding carboxylic acids is 1. The fourth-order valence-electron chi connectivity index (χ4n) is 3.36. The molecule has 0 aliphatic heterocycles. The van der Waals surface area contributed by atoms with Crippen LogP contribution in [0.25, 0.3) is 22.4 Å². The van der Waals surface area contributed by atoms with Gasteiger partial charge in [-0.15, -0.1) is 0 Å². The maximum Gasteiger partial charge on any atom is 0.241 e. The van der Waals surface area contributed by atoms with Crippen LogP contribution in [0.3, 0.4) is 0 Å². The van der Waals surface area contributed by atoms with Crippen molar-refractivity contribution < 1.29 is 23.7 Å². The fraction of sp³-hybridized carbons (Fsp3) is 0.333. The van der Waals surface area contributed by atoms with Gasteiger partial charge in [0.2, 0.25) is 11.7 Å². The number of anilines is 1. The Morgan fingerprint density at radius 2 is 1.58 bits per heavy atom. The fourth-order valence-corrected chi connectivity index (χ4v) is 4.07. The van der Waals surface area contributed by atoms with E-state index in [1.54, 1.807) is 28.4 Å². The van der Waals surface area contributed by atoms with E-state index in [9.17, 15) is 4.79 Å². The van der Waals surface area contributed by atoms with Crippen LogP contribution in [0.1, 0.15) is 13.8 Å². The third-order valence-electron chi connectivity index (χ3n) is 5.30. The minimum atomic E-state index is -0.629. The Labute approximate surface area is 197 Å². The topological polar surface area (TPSA) is 105 Å². The van der Waals surface area contributed by atoms with Gasteiger partial charge in [0.15, 0.2) is 11.5 Å². The first-order valence-corrected chi connectivity index (χ1v) is 11.2. The Morgan fingerprint density at radius 1 is 0.939 bits per heavy atom. The molecule has 1 amide bonds. The van der Waals surface area contributed by atoms with E-state index >= 15 is 0 Å².